The Balaban J connectivity index is 1.28. The van der Waals surface area contributed by atoms with Crippen LogP contribution >= 0.6 is 0 Å². The zero-order chi connectivity index (χ0) is 14.7. The first-order chi connectivity index (χ1) is 10.7. The molecule has 0 heterocycles. The first-order valence-corrected chi connectivity index (χ1v) is 9.08. The van der Waals surface area contributed by atoms with Crippen LogP contribution in [0.1, 0.15) is 56.4 Å². The topological polar surface area (TPSA) is 29.1 Å². The Labute approximate surface area is 132 Å². The molecular weight excluding hydrogens is 270 g/mol. The van der Waals surface area contributed by atoms with E-state index in [4.69, 9.17) is 0 Å². The van der Waals surface area contributed by atoms with Gasteiger partial charge in [-0.25, -0.2) is 0 Å². The van der Waals surface area contributed by atoms with E-state index in [-0.39, 0.29) is 5.41 Å². The van der Waals surface area contributed by atoms with Gasteiger partial charge in [-0.15, -0.1) is 0 Å². The summed E-state index contributed by atoms with van der Waals surface area (Å²) >= 11 is 0. The smallest absolute Gasteiger partial charge is 0.226 e. The molecular formula is C20H25NO. The third-order valence-corrected chi connectivity index (χ3v) is 6.85. The highest BCUT2D eigenvalue weighted by molar-refractivity contribution is 5.84. The van der Waals surface area contributed by atoms with Gasteiger partial charge in [-0.1, -0.05) is 30.3 Å². The number of nitrogens with one attached hydrogen (secondary N) is 1. The molecule has 0 unspecified atom stereocenters. The first kappa shape index (κ1) is 13.2. The quantitative estimate of drug-likeness (QED) is 0.901. The van der Waals surface area contributed by atoms with Crippen molar-refractivity contribution in [3.8, 4) is 0 Å². The lowest BCUT2D eigenvalue weighted by atomic mass is 9.49. The van der Waals surface area contributed by atoms with Crippen LogP contribution in [0.25, 0.3) is 0 Å². The molecule has 2 heteroatoms. The van der Waals surface area contributed by atoms with Crippen LogP contribution in [-0.2, 0) is 4.79 Å². The molecule has 5 aliphatic carbocycles. The van der Waals surface area contributed by atoms with Gasteiger partial charge in [-0.2, -0.15) is 0 Å². The average molecular weight is 295 g/mol. The molecule has 0 aliphatic heterocycles. The van der Waals surface area contributed by atoms with Crippen LogP contribution < -0.4 is 5.32 Å². The van der Waals surface area contributed by atoms with Gasteiger partial charge in [0.05, 0.1) is 0 Å². The number of hydrogen-bond acceptors (Lipinski definition) is 1. The summed E-state index contributed by atoms with van der Waals surface area (Å²) in [6, 6.07) is 11.1. The minimum absolute atomic E-state index is 0.0125. The first-order valence-electron chi connectivity index (χ1n) is 9.08. The van der Waals surface area contributed by atoms with Gasteiger partial charge in [0.15, 0.2) is 0 Å². The van der Waals surface area contributed by atoms with Crippen LogP contribution in [0.5, 0.6) is 0 Å². The van der Waals surface area contributed by atoms with Crippen molar-refractivity contribution in [2.75, 3.05) is 0 Å². The molecule has 22 heavy (non-hydrogen) atoms. The van der Waals surface area contributed by atoms with Gasteiger partial charge in [-0.3, -0.25) is 4.79 Å². The Morgan fingerprint density at radius 1 is 0.909 bits per heavy atom. The maximum Gasteiger partial charge on any atom is 0.226 e. The number of carbonyl (C=O) groups is 1. The van der Waals surface area contributed by atoms with Crippen LogP contribution in [0.15, 0.2) is 30.3 Å². The van der Waals surface area contributed by atoms with E-state index in [9.17, 15) is 4.79 Å². The maximum atomic E-state index is 13.0. The lowest BCUT2D eigenvalue weighted by molar-refractivity contribution is -0.146. The Morgan fingerprint density at radius 2 is 1.50 bits per heavy atom. The molecule has 0 radical (unpaired) electrons. The van der Waals surface area contributed by atoms with E-state index in [2.05, 4.69) is 35.6 Å². The van der Waals surface area contributed by atoms with Crippen LogP contribution in [0, 0.1) is 23.2 Å². The monoisotopic (exact) mass is 295 g/mol. The van der Waals surface area contributed by atoms with Crippen molar-refractivity contribution in [1.82, 2.24) is 5.32 Å². The number of benzene rings is 1. The Morgan fingerprint density at radius 3 is 2.09 bits per heavy atom. The second kappa shape index (κ2) is 4.59. The van der Waals surface area contributed by atoms with Crippen LogP contribution in [-0.4, -0.2) is 11.9 Å². The molecule has 1 aromatic carbocycles. The van der Waals surface area contributed by atoms with Crippen molar-refractivity contribution in [2.24, 2.45) is 23.2 Å². The van der Waals surface area contributed by atoms with Gasteiger partial charge in [0.25, 0.3) is 0 Å². The Bertz CT molecular complexity index is 558. The maximum absolute atomic E-state index is 13.0. The number of hydrogen-bond donors (Lipinski definition) is 1. The number of rotatable bonds is 3. The highest BCUT2D eigenvalue weighted by Gasteiger charge is 2.55. The van der Waals surface area contributed by atoms with E-state index in [1.807, 2.05) is 0 Å². The molecule has 2 nitrogen and oxygen atoms in total. The molecule has 1 N–H and O–H groups in total. The summed E-state index contributed by atoms with van der Waals surface area (Å²) in [5.74, 6) is 3.50. The molecule has 6 rings (SSSR count). The predicted octanol–water partition coefficient (Wildman–Crippen LogP) is 3.88. The van der Waals surface area contributed by atoms with Crippen LogP contribution in [0.4, 0.5) is 0 Å². The lowest BCUT2D eigenvalue weighted by Gasteiger charge is -2.55. The second-order valence-corrected chi connectivity index (χ2v) is 8.53. The van der Waals surface area contributed by atoms with E-state index in [0.717, 1.165) is 24.2 Å². The van der Waals surface area contributed by atoms with E-state index < -0.39 is 0 Å². The molecule has 5 saturated carbocycles. The largest absolute Gasteiger partial charge is 0.352 e. The molecule has 0 aromatic heterocycles. The zero-order valence-electron chi connectivity index (χ0n) is 13.1. The van der Waals surface area contributed by atoms with Gasteiger partial charge in [0.1, 0.15) is 0 Å². The molecule has 2 atom stereocenters. The summed E-state index contributed by atoms with van der Waals surface area (Å²) in [5, 5.41) is 3.42. The van der Waals surface area contributed by atoms with Crippen molar-refractivity contribution in [3.05, 3.63) is 35.9 Å². The summed E-state index contributed by atoms with van der Waals surface area (Å²) in [6.07, 6.45) is 8.87. The summed E-state index contributed by atoms with van der Waals surface area (Å²) in [7, 11) is 0. The normalized spacial score (nSPS) is 44.8. The summed E-state index contributed by atoms with van der Waals surface area (Å²) in [5.41, 5.74) is 1.40. The van der Waals surface area contributed by atoms with Crippen LogP contribution in [0.2, 0.25) is 0 Å². The zero-order valence-corrected chi connectivity index (χ0v) is 13.1. The molecule has 4 bridgehead atoms. The van der Waals surface area contributed by atoms with Gasteiger partial charge in [-0.05, 0) is 68.3 Å². The lowest BCUT2D eigenvalue weighted by Crippen LogP contribution is -2.54. The second-order valence-electron chi connectivity index (χ2n) is 8.53. The summed E-state index contributed by atoms with van der Waals surface area (Å²) in [4.78, 5) is 13.0. The molecule has 1 aromatic rings. The average Bonchev–Trinajstić information content (AvgIpc) is 3.26. The molecule has 5 fully saturated rings. The van der Waals surface area contributed by atoms with Crippen molar-refractivity contribution in [3.63, 3.8) is 0 Å². The molecule has 1 amide bonds. The van der Waals surface area contributed by atoms with Crippen molar-refractivity contribution in [2.45, 2.75) is 56.9 Å². The van der Waals surface area contributed by atoms with Crippen molar-refractivity contribution in [1.29, 1.82) is 0 Å². The minimum Gasteiger partial charge on any atom is -0.352 e. The van der Waals surface area contributed by atoms with Gasteiger partial charge in [0.2, 0.25) is 5.91 Å². The third-order valence-electron chi connectivity index (χ3n) is 6.85. The highest BCUT2D eigenvalue weighted by atomic mass is 16.2. The Kier molecular flexibility index (Phi) is 2.75. The fraction of sp³-hybridized carbons (Fsp3) is 0.650. The predicted molar refractivity (Wildman–Crippen MR) is 86.3 cm³/mol. The van der Waals surface area contributed by atoms with E-state index in [0.29, 0.717) is 17.9 Å². The number of carbonyl (C=O) groups excluding carboxylic acids is 1. The van der Waals surface area contributed by atoms with Crippen LogP contribution in [0.3, 0.4) is 0 Å². The van der Waals surface area contributed by atoms with Crippen molar-refractivity contribution >= 4 is 5.91 Å². The standard InChI is InChI=1S/C20H25NO/c22-19(21-18-9-17(18)16-4-2-1-3-5-16)20-10-13-6-14(11-20)8-15(7-13)12-20/h1-5,13-15,17-18H,6-12H2,(H,21,22)/t13?,14?,15?,17-,18-,20?/m1/s1. The third kappa shape index (κ3) is 2.03. The van der Waals surface area contributed by atoms with E-state index in [1.54, 1.807) is 0 Å². The summed E-state index contributed by atoms with van der Waals surface area (Å²) < 4.78 is 0. The fourth-order valence-electron chi connectivity index (χ4n) is 6.13. The molecule has 5 aliphatic rings. The minimum atomic E-state index is 0.0125. The fourth-order valence-corrected chi connectivity index (χ4v) is 6.13. The SMILES string of the molecule is O=C(N[C@@H]1C[C@@H]1c1ccccc1)C12CC3CC(CC(C3)C1)C2. The van der Waals surface area contributed by atoms with Gasteiger partial charge >= 0.3 is 0 Å². The van der Waals surface area contributed by atoms with E-state index in [1.165, 1.54) is 44.1 Å². The van der Waals surface area contributed by atoms with Crippen molar-refractivity contribution < 1.29 is 4.79 Å². The van der Waals surface area contributed by atoms with Gasteiger partial charge < -0.3 is 5.32 Å². The number of amides is 1. The molecule has 0 spiro atoms. The van der Waals surface area contributed by atoms with E-state index >= 15 is 0 Å². The summed E-state index contributed by atoms with van der Waals surface area (Å²) in [6.45, 7) is 0. The molecule has 0 saturated heterocycles. The van der Waals surface area contributed by atoms with Gasteiger partial charge in [0, 0.05) is 17.4 Å². The Hall–Kier alpha value is -1.31. The molecule has 116 valence electrons. The highest BCUT2D eigenvalue weighted by Crippen LogP contribution is 2.60.